The molecular formula is C17H24ClN2O5S+. The van der Waals surface area contributed by atoms with Gasteiger partial charge in [-0.1, -0.05) is 11.6 Å². The highest BCUT2D eigenvalue weighted by atomic mass is 35.5. The molecule has 0 saturated carbocycles. The molecule has 2 fully saturated rings. The van der Waals surface area contributed by atoms with Crippen molar-refractivity contribution < 1.29 is 27.0 Å². The van der Waals surface area contributed by atoms with Crippen LogP contribution < -0.4 is 13.8 Å². The SMILES string of the molecule is O=C(NS(=O)(=O)Oc1ccc(Cl)cc1)OC[C@@H]1CCC[NH+]2CCCC[C@H]12. The van der Waals surface area contributed by atoms with Gasteiger partial charge >= 0.3 is 16.4 Å². The molecule has 7 nitrogen and oxygen atoms in total. The number of fused-ring (bicyclic) bond motifs is 1. The summed E-state index contributed by atoms with van der Waals surface area (Å²) in [5.74, 6) is 0.341. The third-order valence-corrected chi connectivity index (χ3v) is 6.17. The van der Waals surface area contributed by atoms with E-state index >= 15 is 0 Å². The van der Waals surface area contributed by atoms with E-state index in [1.165, 1.54) is 50.2 Å². The largest absolute Gasteiger partial charge is 0.448 e. The number of amides is 1. The van der Waals surface area contributed by atoms with Crippen LogP contribution in [0.1, 0.15) is 32.1 Å². The number of hydrogen-bond donors (Lipinski definition) is 2. The Kier molecular flexibility index (Phi) is 6.26. The number of ether oxygens (including phenoxy) is 1. The summed E-state index contributed by atoms with van der Waals surface area (Å²) in [7, 11) is -4.30. The summed E-state index contributed by atoms with van der Waals surface area (Å²) in [6, 6.07) is 6.29. The summed E-state index contributed by atoms with van der Waals surface area (Å²) in [6.07, 6.45) is 4.71. The zero-order valence-electron chi connectivity index (χ0n) is 14.4. The molecule has 9 heteroatoms. The van der Waals surface area contributed by atoms with E-state index in [2.05, 4.69) is 0 Å². The smallest absolute Gasteiger partial charge is 0.423 e. The van der Waals surface area contributed by atoms with Crippen molar-refractivity contribution in [1.29, 1.82) is 0 Å². The Morgan fingerprint density at radius 1 is 1.15 bits per heavy atom. The molecule has 1 unspecified atom stereocenters. The number of carbonyl (C=O) groups is 1. The van der Waals surface area contributed by atoms with Crippen molar-refractivity contribution in [2.45, 2.75) is 38.1 Å². The van der Waals surface area contributed by atoms with E-state index in [0.717, 1.165) is 19.3 Å². The van der Waals surface area contributed by atoms with Gasteiger partial charge in [0.1, 0.15) is 12.4 Å². The van der Waals surface area contributed by atoms with Crippen molar-refractivity contribution in [2.75, 3.05) is 19.7 Å². The lowest BCUT2D eigenvalue weighted by Crippen LogP contribution is -3.18. The van der Waals surface area contributed by atoms with E-state index in [4.69, 9.17) is 20.5 Å². The number of piperidine rings is 2. The highest BCUT2D eigenvalue weighted by Crippen LogP contribution is 2.21. The lowest BCUT2D eigenvalue weighted by atomic mass is 9.84. The van der Waals surface area contributed by atoms with Crippen LogP contribution in [0.5, 0.6) is 5.75 Å². The van der Waals surface area contributed by atoms with Crippen LogP contribution in [0.3, 0.4) is 0 Å². The predicted molar refractivity (Wildman–Crippen MR) is 96.5 cm³/mol. The lowest BCUT2D eigenvalue weighted by Gasteiger charge is -2.40. The van der Waals surface area contributed by atoms with Gasteiger partial charge in [-0.15, -0.1) is 0 Å². The molecule has 1 aromatic carbocycles. The van der Waals surface area contributed by atoms with Crippen LogP contribution in [0.2, 0.25) is 5.02 Å². The first-order chi connectivity index (χ1) is 12.4. The molecule has 0 aliphatic carbocycles. The maximum absolute atomic E-state index is 11.9. The van der Waals surface area contributed by atoms with Gasteiger partial charge in [0.15, 0.2) is 0 Å². The number of halogens is 1. The summed E-state index contributed by atoms with van der Waals surface area (Å²) >= 11 is 5.73. The van der Waals surface area contributed by atoms with Crippen molar-refractivity contribution in [1.82, 2.24) is 4.72 Å². The van der Waals surface area contributed by atoms with Crippen LogP contribution >= 0.6 is 11.6 Å². The highest BCUT2D eigenvalue weighted by Gasteiger charge is 2.37. The van der Waals surface area contributed by atoms with Gasteiger partial charge in [0, 0.05) is 10.9 Å². The first-order valence-corrected chi connectivity index (χ1v) is 10.7. The van der Waals surface area contributed by atoms with Crippen LogP contribution in [0, 0.1) is 5.92 Å². The molecule has 144 valence electrons. The molecule has 26 heavy (non-hydrogen) atoms. The quantitative estimate of drug-likeness (QED) is 0.778. The minimum Gasteiger partial charge on any atom is -0.448 e. The van der Waals surface area contributed by atoms with Crippen LogP contribution in [0.4, 0.5) is 4.79 Å². The van der Waals surface area contributed by atoms with E-state index in [-0.39, 0.29) is 18.3 Å². The zero-order valence-corrected chi connectivity index (χ0v) is 16.0. The van der Waals surface area contributed by atoms with Crippen molar-refractivity contribution in [3.63, 3.8) is 0 Å². The Morgan fingerprint density at radius 3 is 2.65 bits per heavy atom. The lowest BCUT2D eigenvalue weighted by molar-refractivity contribution is -0.940. The second-order valence-electron chi connectivity index (χ2n) is 6.85. The van der Waals surface area contributed by atoms with Gasteiger partial charge in [-0.25, -0.2) is 4.79 Å². The number of carbonyl (C=O) groups excluding carboxylic acids is 1. The fourth-order valence-corrected chi connectivity index (χ4v) is 4.72. The first-order valence-electron chi connectivity index (χ1n) is 8.92. The van der Waals surface area contributed by atoms with Crippen LogP contribution in [0.15, 0.2) is 24.3 Å². The van der Waals surface area contributed by atoms with Crippen LogP contribution in [-0.4, -0.2) is 40.2 Å². The Morgan fingerprint density at radius 2 is 1.88 bits per heavy atom. The zero-order chi connectivity index (χ0) is 18.6. The fourth-order valence-electron chi connectivity index (χ4n) is 3.93. The summed E-state index contributed by atoms with van der Waals surface area (Å²) in [5.41, 5.74) is 0. The average molecular weight is 404 g/mol. The van der Waals surface area contributed by atoms with Crippen molar-refractivity contribution in [3.05, 3.63) is 29.3 Å². The van der Waals surface area contributed by atoms with Crippen LogP contribution in [-0.2, 0) is 15.0 Å². The minimum absolute atomic E-state index is 0.0587. The molecule has 1 amide bonds. The summed E-state index contributed by atoms with van der Waals surface area (Å²) in [5, 5.41) is 0.452. The van der Waals surface area contributed by atoms with Gasteiger partial charge in [0.2, 0.25) is 0 Å². The Bertz CT molecular complexity index is 723. The number of hydrogen-bond acceptors (Lipinski definition) is 5. The molecule has 0 spiro atoms. The van der Waals surface area contributed by atoms with Gasteiger partial charge in [0.05, 0.1) is 19.1 Å². The highest BCUT2D eigenvalue weighted by molar-refractivity contribution is 7.85. The first kappa shape index (κ1) is 19.3. The second kappa shape index (κ2) is 8.45. The van der Waals surface area contributed by atoms with Crippen LogP contribution in [0.25, 0.3) is 0 Å². The monoisotopic (exact) mass is 403 g/mol. The molecule has 2 saturated heterocycles. The molecule has 2 N–H and O–H groups in total. The van der Waals surface area contributed by atoms with Crippen molar-refractivity contribution >= 4 is 28.0 Å². The van der Waals surface area contributed by atoms with Gasteiger partial charge < -0.3 is 13.8 Å². The molecule has 3 rings (SSSR count). The Labute approximate surface area is 158 Å². The molecule has 0 bridgehead atoms. The summed E-state index contributed by atoms with van der Waals surface area (Å²) in [4.78, 5) is 13.5. The third-order valence-electron chi connectivity index (χ3n) is 5.09. The van der Waals surface area contributed by atoms with E-state index in [0.29, 0.717) is 11.1 Å². The van der Waals surface area contributed by atoms with E-state index in [1.807, 2.05) is 0 Å². The molecule has 1 aromatic rings. The van der Waals surface area contributed by atoms with E-state index in [1.54, 1.807) is 9.62 Å². The number of benzene rings is 1. The van der Waals surface area contributed by atoms with E-state index in [9.17, 15) is 13.2 Å². The molecule has 2 heterocycles. The number of rotatable bonds is 5. The maximum Gasteiger partial charge on any atom is 0.423 e. The third kappa shape index (κ3) is 5.25. The Balaban J connectivity index is 1.49. The maximum atomic E-state index is 11.9. The molecular weight excluding hydrogens is 380 g/mol. The van der Waals surface area contributed by atoms with E-state index < -0.39 is 16.4 Å². The minimum atomic E-state index is -4.30. The normalized spacial score (nSPS) is 25.8. The average Bonchev–Trinajstić information content (AvgIpc) is 2.61. The topological polar surface area (TPSA) is 86.1 Å². The Hall–Kier alpha value is -1.51. The van der Waals surface area contributed by atoms with Crippen molar-refractivity contribution in [2.24, 2.45) is 5.92 Å². The fraction of sp³-hybridized carbons (Fsp3) is 0.588. The van der Waals surface area contributed by atoms with Gasteiger partial charge in [-0.05, 0) is 56.4 Å². The van der Waals surface area contributed by atoms with Crippen molar-refractivity contribution in [3.8, 4) is 5.75 Å². The number of nitrogens with one attached hydrogen (secondary N) is 2. The predicted octanol–water partition coefficient (Wildman–Crippen LogP) is 1.54. The summed E-state index contributed by atoms with van der Waals surface area (Å²) in [6.45, 7) is 2.59. The van der Waals surface area contributed by atoms with Gasteiger partial charge in [-0.2, -0.15) is 13.1 Å². The van der Waals surface area contributed by atoms with Gasteiger partial charge in [0.25, 0.3) is 0 Å². The summed E-state index contributed by atoms with van der Waals surface area (Å²) < 4.78 is 35.6. The molecule has 2 aliphatic rings. The second-order valence-corrected chi connectivity index (χ2v) is 8.57. The molecule has 3 atom stereocenters. The standard InChI is InChI=1S/C17H23ClN2O5S/c18-14-6-8-15(9-7-14)25-26(22,23)19-17(21)24-12-13-4-3-11-20-10-2-1-5-16(13)20/h6-9,13,16H,1-5,10-12H2,(H,19,21)/p+1/t13-,16+/m0/s1. The molecule has 0 aromatic heterocycles. The van der Waals surface area contributed by atoms with Gasteiger partial charge in [-0.3, -0.25) is 0 Å². The molecule has 2 aliphatic heterocycles. The molecule has 0 radical (unpaired) electrons. The number of quaternary nitrogens is 1.